The largest absolute Gasteiger partial charge is 0.507 e. The van der Waals surface area contributed by atoms with Gasteiger partial charge in [0.25, 0.3) is 0 Å². The van der Waals surface area contributed by atoms with Crippen LogP contribution in [-0.2, 0) is 6.42 Å². The number of pyridine rings is 1. The number of fused-ring (bicyclic) bond motifs is 2. The molecule has 174 valence electrons. The number of carboxylic acids is 1. The van der Waals surface area contributed by atoms with Crippen molar-refractivity contribution in [3.05, 3.63) is 70.0 Å². The van der Waals surface area contributed by atoms with Gasteiger partial charge in [0.15, 0.2) is 17.2 Å². The first-order chi connectivity index (χ1) is 16.3. The lowest BCUT2D eigenvalue weighted by molar-refractivity contribution is 0.0685. The van der Waals surface area contributed by atoms with Crippen molar-refractivity contribution in [3.8, 4) is 28.7 Å². The Morgan fingerprint density at radius 3 is 2.47 bits per heavy atom. The maximum Gasteiger partial charge on any atom is 0.347 e. The zero-order chi connectivity index (χ0) is 24.6. The first-order valence-electron chi connectivity index (χ1n) is 10.1. The molecule has 10 nitrogen and oxygen atoms in total. The molecule has 1 aromatic heterocycles. The number of carboxylic acid groups (broad SMARTS) is 1. The van der Waals surface area contributed by atoms with Gasteiger partial charge >= 0.3 is 11.9 Å². The van der Waals surface area contributed by atoms with E-state index in [2.05, 4.69) is 10.1 Å². The van der Waals surface area contributed by atoms with Crippen molar-refractivity contribution in [3.63, 3.8) is 0 Å². The zero-order valence-corrected chi connectivity index (χ0v) is 18.6. The Kier molecular flexibility index (Phi) is 5.80. The van der Waals surface area contributed by atoms with E-state index < -0.39 is 11.9 Å². The third-order valence-electron chi connectivity index (χ3n) is 5.51. The Balaban J connectivity index is 1.99. The van der Waals surface area contributed by atoms with Gasteiger partial charge in [-0.2, -0.15) is 5.10 Å². The van der Waals surface area contributed by atoms with Crippen LogP contribution in [0.3, 0.4) is 0 Å². The van der Waals surface area contributed by atoms with Crippen LogP contribution in [0.5, 0.6) is 28.7 Å². The van der Waals surface area contributed by atoms with E-state index in [1.165, 1.54) is 19.2 Å². The number of methoxy groups -OCH3 is 1. The minimum Gasteiger partial charge on any atom is -0.507 e. The van der Waals surface area contributed by atoms with Crippen molar-refractivity contribution in [1.29, 1.82) is 0 Å². The fraction of sp³-hybridized carbons (Fsp3) is 0.167. The number of ether oxygens (including phenoxy) is 3. The predicted octanol–water partition coefficient (Wildman–Crippen LogP) is 3.34. The molecule has 4 N–H and O–H groups in total. The molecule has 10 heteroatoms. The molecule has 0 spiro atoms. The van der Waals surface area contributed by atoms with Crippen LogP contribution in [0.25, 0.3) is 0 Å². The molecule has 0 saturated heterocycles. The van der Waals surface area contributed by atoms with Crippen LogP contribution in [0.1, 0.15) is 43.0 Å². The van der Waals surface area contributed by atoms with Gasteiger partial charge < -0.3 is 30.3 Å². The summed E-state index contributed by atoms with van der Waals surface area (Å²) in [6.45, 7) is 3.20. The maximum atomic E-state index is 13.2. The van der Waals surface area contributed by atoms with Crippen molar-refractivity contribution in [1.82, 2.24) is 4.98 Å². The molecule has 0 fully saturated rings. The van der Waals surface area contributed by atoms with Gasteiger partial charge in [0.05, 0.1) is 18.4 Å². The second-order valence-electron chi connectivity index (χ2n) is 7.61. The molecule has 1 aliphatic heterocycles. The van der Waals surface area contributed by atoms with E-state index in [0.717, 1.165) is 5.56 Å². The number of esters is 1. The molecule has 4 rings (SSSR count). The minimum absolute atomic E-state index is 0.00887. The number of carbonyl (C=O) groups is 2. The highest BCUT2D eigenvalue weighted by atomic mass is 16.6. The van der Waals surface area contributed by atoms with E-state index in [1.807, 2.05) is 0 Å². The molecular formula is C24H21N3O7. The fourth-order valence-electron chi connectivity index (χ4n) is 3.85. The second kappa shape index (κ2) is 8.74. The van der Waals surface area contributed by atoms with Gasteiger partial charge in [0.1, 0.15) is 22.6 Å². The third kappa shape index (κ3) is 3.75. The molecule has 2 aromatic carbocycles. The summed E-state index contributed by atoms with van der Waals surface area (Å²) >= 11 is 0. The van der Waals surface area contributed by atoms with Gasteiger partial charge in [0, 0.05) is 24.4 Å². The molecule has 34 heavy (non-hydrogen) atoms. The predicted molar refractivity (Wildman–Crippen MR) is 121 cm³/mol. The van der Waals surface area contributed by atoms with Gasteiger partial charge in [-0.3, -0.25) is 4.98 Å². The van der Waals surface area contributed by atoms with E-state index in [0.29, 0.717) is 11.1 Å². The maximum absolute atomic E-state index is 13.2. The van der Waals surface area contributed by atoms with E-state index in [1.54, 1.807) is 38.4 Å². The number of carbonyl (C=O) groups excluding carboxylic acids is 1. The third-order valence-corrected chi connectivity index (χ3v) is 5.51. The molecule has 0 bridgehead atoms. The van der Waals surface area contributed by atoms with Crippen LogP contribution in [-0.4, -0.2) is 40.0 Å². The lowest BCUT2D eigenvalue weighted by Gasteiger charge is -2.18. The van der Waals surface area contributed by atoms with Gasteiger partial charge in [-0.25, -0.2) is 9.59 Å². The average Bonchev–Trinajstić information content (AvgIpc) is 2.96. The lowest BCUT2D eigenvalue weighted by atomic mass is 9.95. The normalized spacial score (nSPS) is 12.7. The Labute approximate surface area is 194 Å². The number of aromatic nitrogens is 1. The Hall–Kier alpha value is -4.60. The van der Waals surface area contributed by atoms with E-state index in [9.17, 15) is 19.8 Å². The molecule has 3 aromatic rings. The number of hydrazone groups is 1. The topological polar surface area (TPSA) is 154 Å². The number of aryl methyl sites for hydroxylation is 1. The highest BCUT2D eigenvalue weighted by Crippen LogP contribution is 2.48. The van der Waals surface area contributed by atoms with E-state index in [-0.39, 0.29) is 57.6 Å². The second-order valence-corrected chi connectivity index (χ2v) is 7.61. The summed E-state index contributed by atoms with van der Waals surface area (Å²) in [4.78, 5) is 29.2. The summed E-state index contributed by atoms with van der Waals surface area (Å²) in [7, 11) is 1.37. The van der Waals surface area contributed by atoms with Crippen molar-refractivity contribution in [2.24, 2.45) is 10.9 Å². The molecular weight excluding hydrogens is 442 g/mol. The summed E-state index contributed by atoms with van der Waals surface area (Å²) in [5.74, 6) is 3.13. The number of nitrogens with zero attached hydrogens (tertiary/aromatic N) is 2. The van der Waals surface area contributed by atoms with E-state index in [4.69, 9.17) is 20.1 Å². The number of hydrogen-bond donors (Lipinski definition) is 3. The number of nitrogens with two attached hydrogens (primary N) is 1. The van der Waals surface area contributed by atoms with Crippen LogP contribution < -0.4 is 20.1 Å². The minimum atomic E-state index is -1.32. The Morgan fingerprint density at radius 2 is 1.85 bits per heavy atom. The standard InChI is InChI=1S/C24H21N3O7/c1-11-8-16(28)19(15(27-25)9-13-4-6-26-7-5-13)22-18(11)24(31)34-20-12(2)17(32-3)10-14(23(29)30)21(20)33-22/h4-8,10,28H,9,25H2,1-3H3,(H,29,30). The SMILES string of the molecule is COc1cc(C(=O)O)c2c(c1C)OC(=O)c1c(C)cc(O)c(C(Cc3ccncc3)=NN)c1O2. The average molecular weight is 463 g/mol. The van der Waals surface area contributed by atoms with Gasteiger partial charge in [-0.1, -0.05) is 0 Å². The molecule has 1 aliphatic rings. The number of aromatic carboxylic acids is 1. The summed E-state index contributed by atoms with van der Waals surface area (Å²) < 4.78 is 16.9. The monoisotopic (exact) mass is 463 g/mol. The fourth-order valence-corrected chi connectivity index (χ4v) is 3.85. The summed E-state index contributed by atoms with van der Waals surface area (Å²) in [6, 6.07) is 6.15. The Morgan fingerprint density at radius 1 is 1.15 bits per heavy atom. The van der Waals surface area contributed by atoms with Gasteiger partial charge in [-0.05, 0) is 49.2 Å². The van der Waals surface area contributed by atoms with Gasteiger partial charge in [0.2, 0.25) is 0 Å². The van der Waals surface area contributed by atoms with Crippen LogP contribution in [0.4, 0.5) is 0 Å². The summed E-state index contributed by atoms with van der Waals surface area (Å²) in [5, 5.41) is 24.5. The van der Waals surface area contributed by atoms with Crippen molar-refractivity contribution in [2.75, 3.05) is 7.11 Å². The summed E-state index contributed by atoms with van der Waals surface area (Å²) in [6.07, 6.45) is 3.37. The molecule has 0 atom stereocenters. The smallest absolute Gasteiger partial charge is 0.347 e. The summed E-state index contributed by atoms with van der Waals surface area (Å²) in [5.41, 5.74) is 1.50. The zero-order valence-electron chi connectivity index (χ0n) is 18.6. The van der Waals surface area contributed by atoms with Crippen molar-refractivity contribution >= 4 is 17.7 Å². The molecule has 2 heterocycles. The van der Waals surface area contributed by atoms with Crippen LogP contribution in [0.2, 0.25) is 0 Å². The molecule has 0 radical (unpaired) electrons. The Bertz CT molecular complexity index is 1350. The molecule has 0 unspecified atom stereocenters. The van der Waals surface area contributed by atoms with E-state index >= 15 is 0 Å². The quantitative estimate of drug-likeness (QED) is 0.170. The first-order valence-corrected chi connectivity index (χ1v) is 10.1. The number of phenols is 1. The molecule has 0 amide bonds. The number of rotatable bonds is 5. The number of phenolic OH excluding ortho intramolecular Hbond substituents is 1. The van der Waals surface area contributed by atoms with Crippen LogP contribution >= 0.6 is 0 Å². The molecule has 0 aliphatic carbocycles. The highest BCUT2D eigenvalue weighted by Gasteiger charge is 2.35. The molecule has 0 saturated carbocycles. The number of hydrogen-bond acceptors (Lipinski definition) is 9. The van der Waals surface area contributed by atoms with Crippen LogP contribution in [0, 0.1) is 13.8 Å². The number of benzene rings is 2. The van der Waals surface area contributed by atoms with Crippen molar-refractivity contribution < 1.29 is 34.0 Å². The van der Waals surface area contributed by atoms with Crippen LogP contribution in [0.15, 0.2) is 41.8 Å². The lowest BCUT2D eigenvalue weighted by Crippen LogP contribution is -2.15. The highest BCUT2D eigenvalue weighted by molar-refractivity contribution is 6.10. The first kappa shape index (κ1) is 22.6. The number of aromatic hydroxyl groups is 1. The van der Waals surface area contributed by atoms with Gasteiger partial charge in [-0.15, -0.1) is 0 Å². The van der Waals surface area contributed by atoms with Crippen molar-refractivity contribution in [2.45, 2.75) is 20.3 Å².